The molecule has 0 amide bonds. The lowest BCUT2D eigenvalue weighted by Gasteiger charge is -2.23. The quantitative estimate of drug-likeness (QED) is 0.131. The summed E-state index contributed by atoms with van der Waals surface area (Å²) in [6.07, 6.45) is -12.4. The van der Waals surface area contributed by atoms with Crippen molar-refractivity contribution in [1.82, 2.24) is 0 Å². The number of nitrogens with one attached hydrogen (secondary N) is 2. The van der Waals surface area contributed by atoms with Gasteiger partial charge in [0.1, 0.15) is 0 Å². The van der Waals surface area contributed by atoms with Gasteiger partial charge in [-0.15, -0.1) is 0 Å². The molecule has 0 saturated heterocycles. The minimum absolute atomic E-state index is 0.0520. The number of anilines is 2. The first-order valence-electron chi connectivity index (χ1n) is 8.68. The number of rotatable bonds is 6. The average Bonchev–Trinajstić information content (AvgIpc) is 2.75. The zero-order chi connectivity index (χ0) is 25.6. The molecule has 0 heterocycles. The van der Waals surface area contributed by atoms with E-state index in [0.29, 0.717) is 0 Å². The van der Waals surface area contributed by atoms with Crippen molar-refractivity contribution in [1.29, 1.82) is 0 Å². The summed E-state index contributed by atoms with van der Waals surface area (Å²) in [6.45, 7) is 0. The lowest BCUT2D eigenvalue weighted by atomic mass is 10.3. The highest BCUT2D eigenvalue weighted by molar-refractivity contribution is 8.87. The number of alkyl halides is 10. The molecule has 16 heteroatoms. The maximum absolute atomic E-state index is 13.9. The van der Waals surface area contributed by atoms with Crippen LogP contribution in [-0.2, 0) is 0 Å². The maximum Gasteiger partial charge on any atom is 0.460 e. The number of hydrazone groups is 2. The van der Waals surface area contributed by atoms with Crippen LogP contribution in [0.5, 0.6) is 0 Å². The third kappa shape index (κ3) is 6.94. The molecule has 0 saturated carbocycles. The van der Waals surface area contributed by atoms with E-state index in [4.69, 9.17) is 0 Å². The van der Waals surface area contributed by atoms with Crippen molar-refractivity contribution in [2.45, 2.75) is 24.2 Å². The zero-order valence-corrected chi connectivity index (χ0v) is 17.9. The second-order valence-corrected chi connectivity index (χ2v) is 8.21. The largest absolute Gasteiger partial charge is 0.460 e. The molecule has 34 heavy (non-hydrogen) atoms. The average molecular weight is 538 g/mol. The molecule has 0 fully saturated rings. The Bertz CT molecular complexity index is 912. The van der Waals surface area contributed by atoms with Crippen LogP contribution in [0.3, 0.4) is 0 Å². The molecule has 2 aromatic carbocycles. The van der Waals surface area contributed by atoms with Gasteiger partial charge in [-0.3, -0.25) is 10.9 Å². The Balaban J connectivity index is 2.39. The van der Waals surface area contributed by atoms with Crippen LogP contribution in [-0.4, -0.2) is 34.3 Å². The van der Waals surface area contributed by atoms with Crippen LogP contribution in [0.1, 0.15) is 0 Å². The summed E-state index contributed by atoms with van der Waals surface area (Å²) >= 11 is 0. The summed E-state index contributed by atoms with van der Waals surface area (Å²) in [5, 5.41) is 1.56. The molecule has 2 rings (SSSR count). The second kappa shape index (κ2) is 10.8. The van der Waals surface area contributed by atoms with E-state index in [1.165, 1.54) is 60.7 Å². The minimum atomic E-state index is -6.22. The number of halogens is 10. The Kier molecular flexibility index (Phi) is 8.74. The molecule has 0 aliphatic carbocycles. The third-order valence-electron chi connectivity index (χ3n) is 3.57. The van der Waals surface area contributed by atoms with E-state index in [0.717, 1.165) is 0 Å². The van der Waals surface area contributed by atoms with Gasteiger partial charge < -0.3 is 0 Å². The topological polar surface area (TPSA) is 48.8 Å². The normalized spacial score (nSPS) is 14.2. The minimum Gasteiger partial charge on any atom is -0.277 e. The molecule has 4 nitrogen and oxygen atoms in total. The first-order valence-corrected chi connectivity index (χ1v) is 10.8. The molecule has 2 N–H and O–H groups in total. The van der Waals surface area contributed by atoms with Crippen molar-refractivity contribution >= 4 is 43.1 Å². The molecule has 0 radical (unpaired) electrons. The molecule has 0 aliphatic rings. The van der Waals surface area contributed by atoms with Crippen molar-refractivity contribution < 1.29 is 43.9 Å². The van der Waals surface area contributed by atoms with Crippen LogP contribution in [0, 0.1) is 0 Å². The number of para-hydroxylation sites is 2. The summed E-state index contributed by atoms with van der Waals surface area (Å²) < 4.78 is 133. The fourth-order valence-corrected chi connectivity index (χ4v) is 3.95. The summed E-state index contributed by atoms with van der Waals surface area (Å²) in [5.41, 5.74) is 3.66. The van der Waals surface area contributed by atoms with Gasteiger partial charge in [0.15, 0.2) is 10.1 Å². The lowest BCUT2D eigenvalue weighted by molar-refractivity contribution is -0.248. The molecule has 0 aliphatic heterocycles. The van der Waals surface area contributed by atoms with Crippen LogP contribution in [0.15, 0.2) is 70.9 Å². The van der Waals surface area contributed by atoms with E-state index < -0.39 is 55.9 Å². The van der Waals surface area contributed by atoms with E-state index in [-0.39, 0.29) is 11.4 Å². The van der Waals surface area contributed by atoms with Crippen LogP contribution in [0.2, 0.25) is 0 Å². The van der Waals surface area contributed by atoms with E-state index in [9.17, 15) is 43.9 Å². The molecule has 0 spiro atoms. The summed E-state index contributed by atoms with van der Waals surface area (Å²) in [5.74, 6) is -11.4. The molecule has 0 unspecified atom stereocenters. The van der Waals surface area contributed by atoms with E-state index in [1.807, 2.05) is 10.9 Å². The van der Waals surface area contributed by atoms with Gasteiger partial charge in [-0.05, 0) is 45.9 Å². The number of hydrogen-bond acceptors (Lipinski definition) is 6. The van der Waals surface area contributed by atoms with Gasteiger partial charge in [0, 0.05) is 0 Å². The Morgan fingerprint density at radius 2 is 0.824 bits per heavy atom. The van der Waals surface area contributed by atoms with Gasteiger partial charge in [0.05, 0.1) is 11.4 Å². The molecule has 186 valence electrons. The standard InChI is InChI=1S/C18H12F10N4S2/c19-15(20,17(23,24)25)13(31-29-11-7-3-1-4-8-11)33-34-14(16(21,22)18(26,27)28)32-30-12-9-5-2-6-10-12/h1-10,29-30H/b31-13-,32-14-. The van der Waals surface area contributed by atoms with Gasteiger partial charge in [0.25, 0.3) is 0 Å². The Hall–Kier alpha value is -2.62. The van der Waals surface area contributed by atoms with E-state index in [1.54, 1.807) is 0 Å². The molecular formula is C18H12F10N4S2. The second-order valence-electron chi connectivity index (χ2n) is 6.10. The molecule has 0 aromatic heterocycles. The van der Waals surface area contributed by atoms with Crippen molar-refractivity contribution in [3.8, 4) is 0 Å². The highest BCUT2D eigenvalue weighted by Gasteiger charge is 2.64. The van der Waals surface area contributed by atoms with Crippen molar-refractivity contribution in [3.63, 3.8) is 0 Å². The zero-order valence-electron chi connectivity index (χ0n) is 16.3. The molecule has 0 atom stereocenters. The lowest BCUT2D eigenvalue weighted by Crippen LogP contribution is -2.44. The highest BCUT2D eigenvalue weighted by Crippen LogP contribution is 2.47. The first-order chi connectivity index (χ1) is 15.7. The van der Waals surface area contributed by atoms with Gasteiger partial charge in [-0.25, -0.2) is 0 Å². The predicted octanol–water partition coefficient (Wildman–Crippen LogP) is 7.61. The van der Waals surface area contributed by atoms with Crippen molar-refractivity contribution in [2.75, 3.05) is 10.9 Å². The first kappa shape index (κ1) is 27.6. The summed E-state index contributed by atoms with van der Waals surface area (Å²) in [4.78, 5) is 0. The molecule has 2 aromatic rings. The maximum atomic E-state index is 13.9. The van der Waals surface area contributed by atoms with Crippen molar-refractivity contribution in [2.24, 2.45) is 10.2 Å². The smallest absolute Gasteiger partial charge is 0.277 e. The van der Waals surface area contributed by atoms with Gasteiger partial charge in [-0.1, -0.05) is 36.4 Å². The molecular weight excluding hydrogens is 526 g/mol. The summed E-state index contributed by atoms with van der Waals surface area (Å²) in [6, 6.07) is 13.4. The van der Waals surface area contributed by atoms with E-state index >= 15 is 0 Å². The van der Waals surface area contributed by atoms with Gasteiger partial charge >= 0.3 is 24.2 Å². The number of nitrogens with zero attached hydrogens (tertiary/aromatic N) is 2. The summed E-state index contributed by atoms with van der Waals surface area (Å²) in [7, 11) is -1.51. The van der Waals surface area contributed by atoms with Gasteiger partial charge in [-0.2, -0.15) is 54.1 Å². The van der Waals surface area contributed by atoms with Crippen LogP contribution >= 0.6 is 21.6 Å². The fraction of sp³-hybridized carbons (Fsp3) is 0.222. The van der Waals surface area contributed by atoms with Crippen LogP contribution in [0.4, 0.5) is 55.3 Å². The fourth-order valence-electron chi connectivity index (χ4n) is 1.86. The van der Waals surface area contributed by atoms with Gasteiger partial charge in [0.2, 0.25) is 0 Å². The number of benzene rings is 2. The Morgan fingerprint density at radius 3 is 1.09 bits per heavy atom. The predicted molar refractivity (Wildman–Crippen MR) is 112 cm³/mol. The SMILES string of the molecule is FC(F)(F)C(F)(F)/C(=N/Nc1ccccc1)SS/C(=N\Nc1ccccc1)C(F)(F)C(F)(F)F. The molecule has 0 bridgehead atoms. The third-order valence-corrected chi connectivity index (χ3v) is 5.86. The monoisotopic (exact) mass is 538 g/mol. The van der Waals surface area contributed by atoms with Crippen LogP contribution in [0.25, 0.3) is 0 Å². The van der Waals surface area contributed by atoms with E-state index in [2.05, 4.69) is 10.2 Å². The Labute approximate surface area is 193 Å². The van der Waals surface area contributed by atoms with Crippen LogP contribution < -0.4 is 10.9 Å². The van der Waals surface area contributed by atoms with Crippen molar-refractivity contribution in [3.05, 3.63) is 60.7 Å². The Morgan fingerprint density at radius 1 is 0.529 bits per heavy atom. The number of hydrogen-bond donors (Lipinski definition) is 2. The highest BCUT2D eigenvalue weighted by atomic mass is 33.1.